The van der Waals surface area contributed by atoms with Crippen LogP contribution in [0.5, 0.6) is 0 Å². The maximum absolute atomic E-state index is 5.33. The first-order valence-corrected chi connectivity index (χ1v) is 6.85. The van der Waals surface area contributed by atoms with E-state index in [9.17, 15) is 0 Å². The molecule has 4 heteroatoms. The Kier molecular flexibility index (Phi) is 3.25. The molecule has 2 heterocycles. The van der Waals surface area contributed by atoms with E-state index in [1.54, 1.807) is 6.26 Å². The van der Waals surface area contributed by atoms with Gasteiger partial charge in [-0.2, -0.15) is 0 Å². The van der Waals surface area contributed by atoms with Crippen molar-refractivity contribution >= 4 is 32.5 Å². The molecule has 0 amide bonds. The first-order chi connectivity index (χ1) is 9.22. The number of rotatable bonds is 3. The number of benzene rings is 1. The molecule has 0 aliphatic heterocycles. The van der Waals surface area contributed by atoms with Gasteiger partial charge in [0.15, 0.2) is 0 Å². The molecule has 3 nitrogen and oxygen atoms in total. The Labute approximate surface area is 119 Å². The van der Waals surface area contributed by atoms with Crippen molar-refractivity contribution in [2.45, 2.75) is 13.5 Å². The molecule has 1 N–H and O–H groups in total. The number of aromatic nitrogens is 1. The van der Waals surface area contributed by atoms with Crippen LogP contribution in [0.1, 0.15) is 11.5 Å². The number of anilines is 1. The van der Waals surface area contributed by atoms with Gasteiger partial charge in [-0.1, -0.05) is 15.9 Å². The number of fused-ring (bicyclic) bond motifs is 1. The second-order valence-corrected chi connectivity index (χ2v) is 5.32. The topological polar surface area (TPSA) is 38.1 Å². The Morgan fingerprint density at radius 3 is 2.95 bits per heavy atom. The highest BCUT2D eigenvalue weighted by Crippen LogP contribution is 2.26. The number of nitrogens with one attached hydrogen (secondary N) is 1. The van der Waals surface area contributed by atoms with Crippen LogP contribution in [0.2, 0.25) is 0 Å². The number of aryl methyl sites for hydroxylation is 1. The molecule has 0 unspecified atom stereocenters. The lowest BCUT2D eigenvalue weighted by molar-refractivity contribution is 0.518. The molecule has 0 bridgehead atoms. The number of furan rings is 1. The summed E-state index contributed by atoms with van der Waals surface area (Å²) in [6.45, 7) is 2.66. The van der Waals surface area contributed by atoms with Crippen LogP contribution in [-0.4, -0.2) is 4.98 Å². The van der Waals surface area contributed by atoms with Crippen molar-refractivity contribution < 1.29 is 4.42 Å². The normalized spacial score (nSPS) is 10.8. The number of halogens is 1. The predicted molar refractivity (Wildman–Crippen MR) is 80.2 cm³/mol. The van der Waals surface area contributed by atoms with E-state index < -0.39 is 0 Å². The van der Waals surface area contributed by atoms with Gasteiger partial charge in [0, 0.05) is 21.2 Å². The summed E-state index contributed by atoms with van der Waals surface area (Å²) in [5.74, 6) is 0.914. The Morgan fingerprint density at radius 2 is 2.16 bits per heavy atom. The molecule has 3 aromatic rings. The fourth-order valence-electron chi connectivity index (χ4n) is 2.07. The molecule has 2 aromatic heterocycles. The highest BCUT2D eigenvalue weighted by atomic mass is 79.9. The van der Waals surface area contributed by atoms with Gasteiger partial charge in [0.05, 0.1) is 18.3 Å². The van der Waals surface area contributed by atoms with Crippen LogP contribution in [0.3, 0.4) is 0 Å². The summed E-state index contributed by atoms with van der Waals surface area (Å²) < 4.78 is 6.38. The van der Waals surface area contributed by atoms with Crippen molar-refractivity contribution in [3.05, 3.63) is 58.6 Å². The molecule has 0 aliphatic rings. The minimum Gasteiger partial charge on any atom is -0.467 e. The Hall–Kier alpha value is -1.81. The van der Waals surface area contributed by atoms with E-state index in [1.807, 2.05) is 31.2 Å². The standard InChI is InChI=1S/C15H13BrN2O/c1-10-7-15(17-9-12-3-2-6-19-12)13-8-11(16)4-5-14(13)18-10/h2-8H,9H2,1H3,(H,17,18). The minimum atomic E-state index is 0.665. The van der Waals surface area contributed by atoms with Gasteiger partial charge in [-0.05, 0) is 43.3 Å². The fraction of sp³-hybridized carbons (Fsp3) is 0.133. The van der Waals surface area contributed by atoms with Gasteiger partial charge in [0.1, 0.15) is 5.76 Å². The molecule has 0 spiro atoms. The third-order valence-electron chi connectivity index (χ3n) is 2.93. The molecule has 0 saturated heterocycles. The van der Waals surface area contributed by atoms with E-state index in [4.69, 9.17) is 4.42 Å². The van der Waals surface area contributed by atoms with Crippen LogP contribution in [0, 0.1) is 6.92 Å². The summed E-state index contributed by atoms with van der Waals surface area (Å²) in [6.07, 6.45) is 1.68. The zero-order valence-electron chi connectivity index (χ0n) is 10.5. The van der Waals surface area contributed by atoms with Gasteiger partial charge in [-0.25, -0.2) is 0 Å². The van der Waals surface area contributed by atoms with E-state index in [-0.39, 0.29) is 0 Å². The van der Waals surface area contributed by atoms with Crippen molar-refractivity contribution in [3.8, 4) is 0 Å². The molecule has 0 fully saturated rings. The maximum atomic E-state index is 5.33. The average molecular weight is 317 g/mol. The van der Waals surface area contributed by atoms with Gasteiger partial charge in [-0.15, -0.1) is 0 Å². The summed E-state index contributed by atoms with van der Waals surface area (Å²) >= 11 is 3.50. The lowest BCUT2D eigenvalue weighted by Gasteiger charge is -2.10. The molecular weight excluding hydrogens is 304 g/mol. The van der Waals surface area contributed by atoms with Crippen LogP contribution >= 0.6 is 15.9 Å². The Bertz CT molecular complexity index is 707. The third-order valence-corrected chi connectivity index (χ3v) is 3.43. The van der Waals surface area contributed by atoms with Crippen LogP contribution < -0.4 is 5.32 Å². The fourth-order valence-corrected chi connectivity index (χ4v) is 2.43. The zero-order chi connectivity index (χ0) is 13.2. The second-order valence-electron chi connectivity index (χ2n) is 4.41. The first kappa shape index (κ1) is 12.2. The molecule has 0 aliphatic carbocycles. The van der Waals surface area contributed by atoms with E-state index >= 15 is 0 Å². The van der Waals surface area contributed by atoms with Crippen LogP contribution in [0.4, 0.5) is 5.69 Å². The van der Waals surface area contributed by atoms with Crippen LogP contribution in [0.25, 0.3) is 10.9 Å². The Morgan fingerprint density at radius 1 is 1.26 bits per heavy atom. The smallest absolute Gasteiger partial charge is 0.122 e. The minimum absolute atomic E-state index is 0.665. The molecule has 0 radical (unpaired) electrons. The zero-order valence-corrected chi connectivity index (χ0v) is 12.1. The van der Waals surface area contributed by atoms with Crippen molar-refractivity contribution in [1.82, 2.24) is 4.98 Å². The highest BCUT2D eigenvalue weighted by Gasteiger charge is 2.05. The monoisotopic (exact) mass is 316 g/mol. The number of pyridine rings is 1. The van der Waals surface area contributed by atoms with Gasteiger partial charge < -0.3 is 9.73 Å². The first-order valence-electron chi connectivity index (χ1n) is 6.05. The SMILES string of the molecule is Cc1cc(NCc2ccco2)c2cc(Br)ccc2n1. The van der Waals surface area contributed by atoms with E-state index in [0.29, 0.717) is 6.54 Å². The van der Waals surface area contributed by atoms with Gasteiger partial charge in [0.25, 0.3) is 0 Å². The lowest BCUT2D eigenvalue weighted by atomic mass is 10.1. The Balaban J connectivity index is 1.99. The average Bonchev–Trinajstić information content (AvgIpc) is 2.89. The largest absolute Gasteiger partial charge is 0.467 e. The summed E-state index contributed by atoms with van der Waals surface area (Å²) in [7, 11) is 0. The summed E-state index contributed by atoms with van der Waals surface area (Å²) in [4.78, 5) is 4.54. The third kappa shape index (κ3) is 2.63. The lowest BCUT2D eigenvalue weighted by Crippen LogP contribution is -2.00. The van der Waals surface area contributed by atoms with Gasteiger partial charge in [0.2, 0.25) is 0 Å². The van der Waals surface area contributed by atoms with E-state index in [0.717, 1.165) is 32.5 Å². The van der Waals surface area contributed by atoms with Crippen molar-refractivity contribution in [2.75, 3.05) is 5.32 Å². The second kappa shape index (κ2) is 5.05. The highest BCUT2D eigenvalue weighted by molar-refractivity contribution is 9.10. The number of hydrogen-bond donors (Lipinski definition) is 1. The number of nitrogens with zero attached hydrogens (tertiary/aromatic N) is 1. The molecule has 19 heavy (non-hydrogen) atoms. The molecule has 0 saturated carbocycles. The summed E-state index contributed by atoms with van der Waals surface area (Å²) in [6, 6.07) is 12.0. The van der Waals surface area contributed by atoms with Crippen LogP contribution in [0.15, 0.2) is 51.6 Å². The number of hydrogen-bond acceptors (Lipinski definition) is 3. The van der Waals surface area contributed by atoms with Crippen LogP contribution in [-0.2, 0) is 6.54 Å². The molecule has 96 valence electrons. The van der Waals surface area contributed by atoms with Crippen molar-refractivity contribution in [2.24, 2.45) is 0 Å². The molecular formula is C15H13BrN2O. The molecule has 0 atom stereocenters. The van der Waals surface area contributed by atoms with Gasteiger partial charge >= 0.3 is 0 Å². The summed E-state index contributed by atoms with van der Waals surface area (Å²) in [5, 5.41) is 4.51. The van der Waals surface area contributed by atoms with E-state index in [2.05, 4.69) is 38.4 Å². The van der Waals surface area contributed by atoms with Gasteiger partial charge in [-0.3, -0.25) is 4.98 Å². The summed E-state index contributed by atoms with van der Waals surface area (Å²) in [5.41, 5.74) is 3.06. The maximum Gasteiger partial charge on any atom is 0.122 e. The molecule has 1 aromatic carbocycles. The van der Waals surface area contributed by atoms with Crippen molar-refractivity contribution in [3.63, 3.8) is 0 Å². The van der Waals surface area contributed by atoms with E-state index in [1.165, 1.54) is 0 Å². The van der Waals surface area contributed by atoms with Crippen molar-refractivity contribution in [1.29, 1.82) is 0 Å². The molecule has 3 rings (SSSR count). The quantitative estimate of drug-likeness (QED) is 0.772. The predicted octanol–water partition coefficient (Wildman–Crippen LogP) is 4.51.